The Labute approximate surface area is 193 Å². The van der Waals surface area contributed by atoms with E-state index in [2.05, 4.69) is 21.7 Å². The first-order valence-electron chi connectivity index (χ1n) is 10.1. The number of nitrogens with two attached hydrogens (primary N) is 1. The van der Waals surface area contributed by atoms with Crippen LogP contribution in [0.1, 0.15) is 33.7 Å². The van der Waals surface area contributed by atoms with Gasteiger partial charge in [0.25, 0.3) is 12.3 Å². The number of carbonyl (C=O) groups excluding carboxylic acids is 1. The zero-order valence-electron chi connectivity index (χ0n) is 17.7. The number of aliphatic imine (C=N–C) groups is 1. The highest BCUT2D eigenvalue weighted by molar-refractivity contribution is 6.35. The molecule has 1 fully saturated rings. The third-order valence-corrected chi connectivity index (χ3v) is 5.72. The number of halogens is 3. The van der Waals surface area contributed by atoms with Gasteiger partial charge in [-0.1, -0.05) is 24.3 Å². The van der Waals surface area contributed by atoms with Crippen LogP contribution in [0.3, 0.4) is 0 Å². The van der Waals surface area contributed by atoms with Crippen LogP contribution in [-0.4, -0.2) is 51.0 Å². The van der Waals surface area contributed by atoms with Crippen LogP contribution in [0.4, 0.5) is 14.6 Å². The van der Waals surface area contributed by atoms with Gasteiger partial charge in [0.1, 0.15) is 17.1 Å². The summed E-state index contributed by atoms with van der Waals surface area (Å²) in [5.74, 6) is -0.531. The van der Waals surface area contributed by atoms with Gasteiger partial charge in [-0.15, -0.1) is 0 Å². The second-order valence-corrected chi connectivity index (χ2v) is 8.14. The maximum atomic E-state index is 13.7. The van der Waals surface area contributed by atoms with E-state index in [9.17, 15) is 18.7 Å². The Morgan fingerprint density at radius 2 is 2.18 bits per heavy atom. The fraction of sp³-hybridized carbons (Fsp3) is 0.273. The first-order valence-corrected chi connectivity index (χ1v) is 10.5. The van der Waals surface area contributed by atoms with E-state index in [1.807, 2.05) is 4.90 Å². The molecule has 0 radical (unpaired) electrons. The standard InChI is InChI=1S/C22H21ClF2N6O2/c1-3-27-16-7-14(23)5-4-13(16)6-15-11(2)28-21-17(20(26)33)18(19(24)25)29-31(21)22(15)30-8-12(9-30)10-32/h3-7,12,19,32H,1,8-10H2,2H3,(H2,26,33)/b13-6+,27-16?. The lowest BCUT2D eigenvalue weighted by Crippen LogP contribution is -2.49. The molecule has 172 valence electrons. The molecule has 11 heteroatoms. The summed E-state index contributed by atoms with van der Waals surface area (Å²) in [7, 11) is 0. The van der Waals surface area contributed by atoms with Gasteiger partial charge in [0.2, 0.25) is 0 Å². The smallest absolute Gasteiger partial charge is 0.283 e. The number of alkyl halides is 2. The van der Waals surface area contributed by atoms with Crippen molar-refractivity contribution in [2.75, 3.05) is 24.6 Å². The van der Waals surface area contributed by atoms with Gasteiger partial charge in [-0.05, 0) is 25.2 Å². The quantitative estimate of drug-likeness (QED) is 0.668. The Bertz CT molecular complexity index is 1270. The summed E-state index contributed by atoms with van der Waals surface area (Å²) < 4.78 is 28.6. The van der Waals surface area contributed by atoms with Gasteiger partial charge >= 0.3 is 0 Å². The monoisotopic (exact) mass is 474 g/mol. The van der Waals surface area contributed by atoms with Gasteiger partial charge in [-0.2, -0.15) is 9.61 Å². The van der Waals surface area contributed by atoms with E-state index >= 15 is 0 Å². The van der Waals surface area contributed by atoms with Crippen molar-refractivity contribution in [1.29, 1.82) is 0 Å². The number of aromatic nitrogens is 3. The molecule has 1 aliphatic heterocycles. The summed E-state index contributed by atoms with van der Waals surface area (Å²) in [6.07, 6.45) is 5.33. The Balaban J connectivity index is 1.99. The van der Waals surface area contributed by atoms with Gasteiger partial charge in [-0.3, -0.25) is 9.79 Å². The minimum absolute atomic E-state index is 0.00374. The molecule has 0 aromatic carbocycles. The fourth-order valence-electron chi connectivity index (χ4n) is 3.90. The molecule has 33 heavy (non-hydrogen) atoms. The van der Waals surface area contributed by atoms with Gasteiger partial charge < -0.3 is 15.7 Å². The van der Waals surface area contributed by atoms with E-state index in [4.69, 9.17) is 17.3 Å². The number of rotatable bonds is 6. The van der Waals surface area contributed by atoms with Crippen molar-refractivity contribution in [2.45, 2.75) is 13.3 Å². The Kier molecular flexibility index (Phi) is 6.13. The number of primary amides is 1. The molecule has 4 rings (SSSR count). The number of anilines is 1. The van der Waals surface area contributed by atoms with Crippen LogP contribution in [0.25, 0.3) is 11.7 Å². The largest absolute Gasteiger partial charge is 0.396 e. The Morgan fingerprint density at radius 1 is 1.45 bits per heavy atom. The van der Waals surface area contributed by atoms with Crippen molar-refractivity contribution in [3.8, 4) is 0 Å². The van der Waals surface area contributed by atoms with Crippen molar-refractivity contribution in [2.24, 2.45) is 16.6 Å². The van der Waals surface area contributed by atoms with E-state index in [0.29, 0.717) is 46.5 Å². The lowest BCUT2D eigenvalue weighted by molar-refractivity contribution is 0.0986. The van der Waals surface area contributed by atoms with Crippen LogP contribution in [0.5, 0.6) is 0 Å². The van der Waals surface area contributed by atoms with Crippen LogP contribution in [-0.2, 0) is 0 Å². The molecular weight excluding hydrogens is 454 g/mol. The van der Waals surface area contributed by atoms with E-state index in [0.717, 1.165) is 0 Å². The normalized spacial score (nSPS) is 19.0. The lowest BCUT2D eigenvalue weighted by Gasteiger charge is -2.40. The molecule has 0 unspecified atom stereocenters. The minimum atomic E-state index is -3.01. The first kappa shape index (κ1) is 22.8. The van der Waals surface area contributed by atoms with Crippen molar-refractivity contribution in [3.63, 3.8) is 0 Å². The van der Waals surface area contributed by atoms with Crippen LogP contribution in [0.15, 0.2) is 46.6 Å². The predicted octanol–water partition coefficient (Wildman–Crippen LogP) is 3.16. The van der Waals surface area contributed by atoms with Crippen molar-refractivity contribution >= 4 is 40.8 Å². The summed E-state index contributed by atoms with van der Waals surface area (Å²) in [4.78, 5) is 22.6. The number of aliphatic hydroxyl groups excluding tert-OH is 1. The molecule has 0 saturated carbocycles. The van der Waals surface area contributed by atoms with E-state index in [1.165, 1.54) is 10.7 Å². The molecule has 1 amide bonds. The number of aryl methyl sites for hydroxylation is 1. The fourth-order valence-corrected chi connectivity index (χ4v) is 4.06. The molecule has 0 atom stereocenters. The second kappa shape index (κ2) is 8.87. The second-order valence-electron chi connectivity index (χ2n) is 7.71. The topological polar surface area (TPSA) is 109 Å². The number of hydrogen-bond donors (Lipinski definition) is 2. The van der Waals surface area contributed by atoms with Gasteiger partial charge in [0.15, 0.2) is 5.65 Å². The molecule has 0 spiro atoms. The van der Waals surface area contributed by atoms with Crippen molar-refractivity contribution in [1.82, 2.24) is 14.6 Å². The Hall–Kier alpha value is -3.37. The molecule has 3 N–H and O–H groups in total. The highest BCUT2D eigenvalue weighted by Crippen LogP contribution is 2.35. The molecule has 1 saturated heterocycles. The number of nitrogens with zero attached hydrogens (tertiary/aromatic N) is 5. The summed E-state index contributed by atoms with van der Waals surface area (Å²) in [6.45, 7) is 6.29. The summed E-state index contributed by atoms with van der Waals surface area (Å²) in [5.41, 5.74) is 6.57. The van der Waals surface area contributed by atoms with Gasteiger partial charge in [0, 0.05) is 48.0 Å². The van der Waals surface area contributed by atoms with Crippen molar-refractivity contribution < 1.29 is 18.7 Å². The molecule has 2 aliphatic rings. The van der Waals surface area contributed by atoms with Crippen LogP contribution >= 0.6 is 11.6 Å². The summed E-state index contributed by atoms with van der Waals surface area (Å²) in [5, 5.41) is 14.0. The number of fused-ring (bicyclic) bond motifs is 1. The lowest BCUT2D eigenvalue weighted by atomic mass is 9.98. The van der Waals surface area contributed by atoms with Gasteiger partial charge in [-0.25, -0.2) is 13.8 Å². The SMILES string of the molecule is C=CN=C1C=C(Cl)C=C/C1=C\c1c(C)nc2c(C(N)=O)c(C(F)F)nn2c1N1CC(CO)C1. The summed E-state index contributed by atoms with van der Waals surface area (Å²) in [6, 6.07) is 0. The third-order valence-electron chi connectivity index (χ3n) is 5.48. The Morgan fingerprint density at radius 3 is 2.79 bits per heavy atom. The molecule has 2 aromatic heterocycles. The molecule has 2 aromatic rings. The summed E-state index contributed by atoms with van der Waals surface area (Å²) >= 11 is 6.11. The highest BCUT2D eigenvalue weighted by atomic mass is 35.5. The maximum Gasteiger partial charge on any atom is 0.283 e. The van der Waals surface area contributed by atoms with Gasteiger partial charge in [0.05, 0.1) is 11.4 Å². The molecule has 1 aliphatic carbocycles. The average Bonchev–Trinajstić information content (AvgIpc) is 3.10. The zero-order chi connectivity index (χ0) is 23.9. The highest BCUT2D eigenvalue weighted by Gasteiger charge is 2.34. The van der Waals surface area contributed by atoms with Crippen LogP contribution in [0, 0.1) is 12.8 Å². The number of amides is 1. The third kappa shape index (κ3) is 4.07. The van der Waals surface area contributed by atoms with E-state index < -0.39 is 23.6 Å². The van der Waals surface area contributed by atoms with E-state index in [1.54, 1.807) is 31.2 Å². The minimum Gasteiger partial charge on any atom is -0.396 e. The zero-order valence-corrected chi connectivity index (χ0v) is 18.4. The number of hydrogen-bond acceptors (Lipinski definition) is 6. The molecular formula is C22H21ClF2N6O2. The van der Waals surface area contributed by atoms with E-state index in [-0.39, 0.29) is 18.2 Å². The first-order chi connectivity index (χ1) is 15.7. The maximum absolute atomic E-state index is 13.7. The predicted molar refractivity (Wildman–Crippen MR) is 123 cm³/mol. The number of aliphatic hydroxyl groups is 1. The average molecular weight is 475 g/mol. The number of allylic oxidation sites excluding steroid dienone is 5. The number of carbonyl (C=O) groups is 1. The molecule has 0 bridgehead atoms. The molecule has 8 nitrogen and oxygen atoms in total. The van der Waals surface area contributed by atoms with Crippen LogP contribution < -0.4 is 10.6 Å². The van der Waals surface area contributed by atoms with Crippen LogP contribution in [0.2, 0.25) is 0 Å². The molecule has 3 heterocycles. The van der Waals surface area contributed by atoms with Crippen molar-refractivity contribution in [3.05, 3.63) is 64.1 Å².